The molecule has 0 saturated carbocycles. The molecule has 1 aliphatic rings. The van der Waals surface area contributed by atoms with E-state index in [1.807, 2.05) is 6.07 Å². The average molecular weight is 297 g/mol. The first-order chi connectivity index (χ1) is 10.4. The lowest BCUT2D eigenvalue weighted by Crippen LogP contribution is -2.32. The highest BCUT2D eigenvalue weighted by Crippen LogP contribution is 2.33. The molecule has 0 bridgehead atoms. The molecule has 1 heterocycles. The minimum absolute atomic E-state index is 0.0785. The number of nitrogens with one attached hydrogen (secondary N) is 1. The van der Waals surface area contributed by atoms with Gasteiger partial charge in [-0.2, -0.15) is 0 Å². The molecule has 0 fully saturated rings. The van der Waals surface area contributed by atoms with E-state index in [1.165, 1.54) is 11.1 Å². The van der Waals surface area contributed by atoms with Gasteiger partial charge in [0.2, 0.25) is 0 Å². The molecule has 22 heavy (non-hydrogen) atoms. The van der Waals surface area contributed by atoms with Gasteiger partial charge in [-0.3, -0.25) is 0 Å². The van der Waals surface area contributed by atoms with Crippen LogP contribution >= 0.6 is 0 Å². The Bertz CT molecular complexity index is 656. The molecule has 2 aromatic rings. The number of aromatic hydroxyl groups is 1. The van der Waals surface area contributed by atoms with E-state index >= 15 is 0 Å². The van der Waals surface area contributed by atoms with Gasteiger partial charge >= 0.3 is 0 Å². The van der Waals surface area contributed by atoms with Crippen molar-refractivity contribution in [2.45, 2.75) is 38.7 Å². The molecule has 3 nitrogen and oxygen atoms in total. The summed E-state index contributed by atoms with van der Waals surface area (Å²) < 4.78 is 5.99. The molecule has 116 valence electrons. The molecule has 2 aromatic carbocycles. The van der Waals surface area contributed by atoms with Gasteiger partial charge in [-0.15, -0.1) is 0 Å². The quantitative estimate of drug-likeness (QED) is 0.820. The fraction of sp³-hybridized carbons (Fsp3) is 0.368. The van der Waals surface area contributed by atoms with Crippen molar-refractivity contribution in [1.82, 2.24) is 0 Å². The minimum atomic E-state index is 0.0785. The SMILES string of the molecule is CC(C)(C)c1ccc(CC2CNc3ccc(O)cc3O2)cc1. The van der Waals surface area contributed by atoms with Gasteiger partial charge in [0.1, 0.15) is 17.6 Å². The van der Waals surface area contributed by atoms with Gasteiger partial charge in [0, 0.05) is 12.5 Å². The Labute approximate surface area is 131 Å². The maximum atomic E-state index is 9.56. The van der Waals surface area contributed by atoms with Crippen LogP contribution in [0.4, 0.5) is 5.69 Å². The fourth-order valence-electron chi connectivity index (χ4n) is 2.72. The summed E-state index contributed by atoms with van der Waals surface area (Å²) in [5.41, 5.74) is 3.73. The second-order valence-electron chi connectivity index (χ2n) is 6.95. The monoisotopic (exact) mass is 297 g/mol. The van der Waals surface area contributed by atoms with Crippen molar-refractivity contribution in [2.75, 3.05) is 11.9 Å². The molecule has 1 aliphatic heterocycles. The molecular formula is C19H23NO2. The molecule has 0 aromatic heterocycles. The van der Waals surface area contributed by atoms with Gasteiger partial charge in [0.25, 0.3) is 0 Å². The Balaban J connectivity index is 1.69. The molecule has 2 N–H and O–H groups in total. The average Bonchev–Trinajstić information content (AvgIpc) is 2.46. The standard InChI is InChI=1S/C19H23NO2/c1-19(2,3)14-6-4-13(5-7-14)10-16-12-20-17-9-8-15(21)11-18(17)22-16/h4-9,11,16,20-21H,10,12H2,1-3H3. The summed E-state index contributed by atoms with van der Waals surface area (Å²) in [6.07, 6.45) is 0.932. The van der Waals surface area contributed by atoms with E-state index in [9.17, 15) is 5.11 Å². The maximum Gasteiger partial charge on any atom is 0.146 e. The van der Waals surface area contributed by atoms with Crippen LogP contribution in [-0.2, 0) is 11.8 Å². The summed E-state index contributed by atoms with van der Waals surface area (Å²) in [4.78, 5) is 0. The van der Waals surface area contributed by atoms with Crippen molar-refractivity contribution in [3.63, 3.8) is 0 Å². The fourth-order valence-corrected chi connectivity index (χ4v) is 2.72. The zero-order chi connectivity index (χ0) is 15.7. The van der Waals surface area contributed by atoms with Gasteiger partial charge in [-0.1, -0.05) is 45.0 Å². The number of phenols is 1. The zero-order valence-corrected chi connectivity index (χ0v) is 13.4. The van der Waals surface area contributed by atoms with Crippen LogP contribution in [0.2, 0.25) is 0 Å². The molecule has 0 amide bonds. The predicted octanol–water partition coefficient (Wildman–Crippen LogP) is 4.11. The number of hydrogen-bond donors (Lipinski definition) is 2. The number of hydrogen-bond acceptors (Lipinski definition) is 3. The van der Waals surface area contributed by atoms with Crippen LogP contribution in [0, 0.1) is 0 Å². The molecule has 0 saturated heterocycles. The second kappa shape index (κ2) is 5.56. The van der Waals surface area contributed by atoms with Crippen molar-refractivity contribution >= 4 is 5.69 Å². The Morgan fingerprint density at radius 1 is 1.14 bits per heavy atom. The Morgan fingerprint density at radius 2 is 1.86 bits per heavy atom. The van der Waals surface area contributed by atoms with E-state index in [0.29, 0.717) is 0 Å². The van der Waals surface area contributed by atoms with Crippen LogP contribution in [0.5, 0.6) is 11.5 Å². The molecule has 0 aliphatic carbocycles. The summed E-state index contributed by atoms with van der Waals surface area (Å²) in [7, 11) is 0. The molecule has 0 radical (unpaired) electrons. The third-order valence-corrected chi connectivity index (χ3v) is 4.06. The lowest BCUT2D eigenvalue weighted by atomic mass is 9.86. The number of phenolic OH excluding ortho intramolecular Hbond substituents is 1. The summed E-state index contributed by atoms with van der Waals surface area (Å²) in [6.45, 7) is 7.44. The van der Waals surface area contributed by atoms with Crippen LogP contribution < -0.4 is 10.1 Å². The number of ether oxygens (including phenoxy) is 1. The molecule has 0 spiro atoms. The van der Waals surface area contributed by atoms with Gasteiger partial charge in [-0.25, -0.2) is 0 Å². The van der Waals surface area contributed by atoms with Crippen LogP contribution in [0.3, 0.4) is 0 Å². The summed E-state index contributed by atoms with van der Waals surface area (Å²) in [5.74, 6) is 0.957. The van der Waals surface area contributed by atoms with Gasteiger partial charge < -0.3 is 15.2 Å². The van der Waals surface area contributed by atoms with Gasteiger partial charge in [0.05, 0.1) is 12.2 Å². The van der Waals surface area contributed by atoms with E-state index < -0.39 is 0 Å². The maximum absolute atomic E-state index is 9.56. The molecular weight excluding hydrogens is 274 g/mol. The van der Waals surface area contributed by atoms with Crippen LogP contribution in [0.1, 0.15) is 31.9 Å². The van der Waals surface area contributed by atoms with Crippen LogP contribution in [0.25, 0.3) is 0 Å². The predicted molar refractivity (Wildman–Crippen MR) is 89.9 cm³/mol. The van der Waals surface area contributed by atoms with E-state index in [2.05, 4.69) is 50.4 Å². The summed E-state index contributed by atoms with van der Waals surface area (Å²) in [6, 6.07) is 13.9. The summed E-state index contributed by atoms with van der Waals surface area (Å²) >= 11 is 0. The lowest BCUT2D eigenvalue weighted by molar-refractivity contribution is 0.205. The normalized spacial score (nSPS) is 17.3. The number of fused-ring (bicyclic) bond motifs is 1. The van der Waals surface area contributed by atoms with Crippen molar-refractivity contribution in [2.24, 2.45) is 0 Å². The number of rotatable bonds is 2. The first-order valence-corrected chi connectivity index (χ1v) is 7.75. The first kappa shape index (κ1) is 14.8. The largest absolute Gasteiger partial charge is 0.508 e. The third-order valence-electron chi connectivity index (χ3n) is 4.06. The first-order valence-electron chi connectivity index (χ1n) is 7.75. The van der Waals surface area contributed by atoms with E-state index in [0.717, 1.165) is 24.4 Å². The van der Waals surface area contributed by atoms with Crippen molar-refractivity contribution in [3.8, 4) is 11.5 Å². The van der Waals surface area contributed by atoms with Crippen molar-refractivity contribution in [3.05, 3.63) is 53.6 Å². The van der Waals surface area contributed by atoms with Crippen molar-refractivity contribution < 1.29 is 9.84 Å². The second-order valence-corrected chi connectivity index (χ2v) is 6.95. The molecule has 3 rings (SSSR count). The van der Waals surface area contributed by atoms with Gasteiger partial charge in [0.15, 0.2) is 0 Å². The lowest BCUT2D eigenvalue weighted by Gasteiger charge is -2.27. The smallest absolute Gasteiger partial charge is 0.146 e. The topological polar surface area (TPSA) is 41.5 Å². The number of anilines is 1. The van der Waals surface area contributed by atoms with E-state index in [-0.39, 0.29) is 17.3 Å². The highest BCUT2D eigenvalue weighted by Gasteiger charge is 2.20. The molecule has 3 heteroatoms. The van der Waals surface area contributed by atoms with Crippen LogP contribution in [-0.4, -0.2) is 17.8 Å². The number of benzene rings is 2. The highest BCUT2D eigenvalue weighted by atomic mass is 16.5. The Kier molecular flexibility index (Phi) is 3.73. The Hall–Kier alpha value is -2.16. The van der Waals surface area contributed by atoms with Crippen LogP contribution in [0.15, 0.2) is 42.5 Å². The van der Waals surface area contributed by atoms with Gasteiger partial charge in [-0.05, 0) is 28.7 Å². The van der Waals surface area contributed by atoms with E-state index in [1.54, 1.807) is 12.1 Å². The highest BCUT2D eigenvalue weighted by molar-refractivity contribution is 5.60. The minimum Gasteiger partial charge on any atom is -0.508 e. The molecule has 1 atom stereocenters. The zero-order valence-electron chi connectivity index (χ0n) is 13.4. The Morgan fingerprint density at radius 3 is 2.55 bits per heavy atom. The van der Waals surface area contributed by atoms with Crippen molar-refractivity contribution in [1.29, 1.82) is 0 Å². The molecule has 1 unspecified atom stereocenters. The van der Waals surface area contributed by atoms with E-state index in [4.69, 9.17) is 4.74 Å². The third kappa shape index (κ3) is 3.19. The summed E-state index contributed by atoms with van der Waals surface area (Å²) in [5, 5.41) is 12.9.